The minimum absolute atomic E-state index is 0.00386. The number of ether oxygens (including phenoxy) is 1. The first-order chi connectivity index (χ1) is 12.1. The molecule has 0 aliphatic rings. The number of benzene rings is 1. The summed E-state index contributed by atoms with van der Waals surface area (Å²) in [5.74, 6) is -0.651. The lowest BCUT2D eigenvalue weighted by Gasteiger charge is -2.14. The lowest BCUT2D eigenvalue weighted by molar-refractivity contribution is -0.274. The highest BCUT2D eigenvalue weighted by atomic mass is 19.4. The van der Waals surface area contributed by atoms with Crippen LogP contribution in [0.5, 0.6) is 5.75 Å². The van der Waals surface area contributed by atoms with Crippen LogP contribution in [0.25, 0.3) is 0 Å². The SMILES string of the molecule is N=Cc1c(NCC(F)(F)F)ncnc1Nc1ccc(OC(F)(F)F)cc1. The maximum absolute atomic E-state index is 12.3. The van der Waals surface area contributed by atoms with E-state index >= 15 is 0 Å². The number of nitrogens with one attached hydrogen (secondary N) is 3. The second-order valence-electron chi connectivity index (χ2n) is 4.79. The van der Waals surface area contributed by atoms with Gasteiger partial charge in [0.25, 0.3) is 0 Å². The Morgan fingerprint density at radius 2 is 1.62 bits per heavy atom. The zero-order chi connectivity index (χ0) is 19.4. The average molecular weight is 379 g/mol. The molecule has 0 bridgehead atoms. The van der Waals surface area contributed by atoms with E-state index in [1.54, 1.807) is 0 Å². The van der Waals surface area contributed by atoms with Crippen LogP contribution in [-0.2, 0) is 0 Å². The van der Waals surface area contributed by atoms with Gasteiger partial charge in [0.2, 0.25) is 0 Å². The highest BCUT2D eigenvalue weighted by Crippen LogP contribution is 2.27. The predicted octanol–water partition coefficient (Wildman–Crippen LogP) is 4.09. The number of hydrogen-bond donors (Lipinski definition) is 3. The highest BCUT2D eigenvalue weighted by Gasteiger charge is 2.31. The van der Waals surface area contributed by atoms with E-state index in [0.29, 0.717) is 0 Å². The summed E-state index contributed by atoms with van der Waals surface area (Å²) in [7, 11) is 0. The second kappa shape index (κ2) is 7.45. The molecule has 0 spiro atoms. The lowest BCUT2D eigenvalue weighted by atomic mass is 10.2. The first-order valence-corrected chi connectivity index (χ1v) is 6.86. The molecule has 3 N–H and O–H groups in total. The van der Waals surface area contributed by atoms with Crippen LogP contribution < -0.4 is 15.4 Å². The van der Waals surface area contributed by atoms with Crippen LogP contribution in [0.15, 0.2) is 30.6 Å². The molecular formula is C14H11F6N5O. The third kappa shape index (κ3) is 5.79. The van der Waals surface area contributed by atoms with Gasteiger partial charge < -0.3 is 20.8 Å². The molecule has 12 heteroatoms. The van der Waals surface area contributed by atoms with Gasteiger partial charge in [0.05, 0.1) is 5.56 Å². The van der Waals surface area contributed by atoms with Crippen LogP contribution in [-0.4, -0.2) is 35.3 Å². The minimum Gasteiger partial charge on any atom is -0.406 e. The molecule has 0 saturated heterocycles. The predicted molar refractivity (Wildman–Crippen MR) is 80.9 cm³/mol. The molecule has 2 aromatic rings. The Morgan fingerprint density at radius 1 is 1.00 bits per heavy atom. The van der Waals surface area contributed by atoms with Crippen molar-refractivity contribution in [3.8, 4) is 5.75 Å². The maximum atomic E-state index is 12.3. The van der Waals surface area contributed by atoms with E-state index in [9.17, 15) is 26.3 Å². The van der Waals surface area contributed by atoms with Gasteiger partial charge in [-0.2, -0.15) is 13.2 Å². The van der Waals surface area contributed by atoms with Gasteiger partial charge in [-0.15, -0.1) is 13.2 Å². The van der Waals surface area contributed by atoms with Crippen molar-refractivity contribution < 1.29 is 31.1 Å². The van der Waals surface area contributed by atoms with Crippen LogP contribution in [0, 0.1) is 5.41 Å². The van der Waals surface area contributed by atoms with Crippen molar-refractivity contribution in [1.29, 1.82) is 5.41 Å². The summed E-state index contributed by atoms with van der Waals surface area (Å²) in [6.07, 6.45) is -7.57. The summed E-state index contributed by atoms with van der Waals surface area (Å²) >= 11 is 0. The summed E-state index contributed by atoms with van der Waals surface area (Å²) in [4.78, 5) is 7.48. The van der Waals surface area contributed by atoms with Crippen molar-refractivity contribution in [1.82, 2.24) is 9.97 Å². The number of aromatic nitrogens is 2. The molecule has 26 heavy (non-hydrogen) atoms. The number of alkyl halides is 6. The van der Waals surface area contributed by atoms with Crippen molar-refractivity contribution in [2.24, 2.45) is 0 Å². The van der Waals surface area contributed by atoms with Gasteiger partial charge in [0.15, 0.2) is 0 Å². The monoisotopic (exact) mass is 379 g/mol. The fourth-order valence-corrected chi connectivity index (χ4v) is 1.83. The van der Waals surface area contributed by atoms with Crippen molar-refractivity contribution in [2.75, 3.05) is 17.2 Å². The van der Waals surface area contributed by atoms with Gasteiger partial charge in [-0.3, -0.25) is 0 Å². The molecule has 2 rings (SSSR count). The molecule has 0 unspecified atom stereocenters. The molecule has 0 fully saturated rings. The number of hydrogen-bond acceptors (Lipinski definition) is 6. The third-order valence-electron chi connectivity index (χ3n) is 2.84. The Bertz CT molecular complexity index is 760. The molecule has 0 aliphatic carbocycles. The number of halogens is 6. The van der Waals surface area contributed by atoms with E-state index in [0.717, 1.165) is 24.7 Å². The Balaban J connectivity index is 2.17. The molecule has 0 atom stereocenters. The van der Waals surface area contributed by atoms with Gasteiger partial charge in [-0.25, -0.2) is 9.97 Å². The van der Waals surface area contributed by atoms with E-state index in [-0.39, 0.29) is 22.9 Å². The third-order valence-corrected chi connectivity index (χ3v) is 2.84. The summed E-state index contributed by atoms with van der Waals surface area (Å²) in [5, 5.41) is 12.1. The summed E-state index contributed by atoms with van der Waals surface area (Å²) in [6, 6.07) is 4.59. The second-order valence-corrected chi connectivity index (χ2v) is 4.79. The highest BCUT2D eigenvalue weighted by molar-refractivity contribution is 5.91. The van der Waals surface area contributed by atoms with E-state index in [1.165, 1.54) is 12.1 Å². The molecule has 1 aromatic carbocycles. The fraction of sp³-hybridized carbons (Fsp3) is 0.214. The van der Waals surface area contributed by atoms with Gasteiger partial charge >= 0.3 is 12.5 Å². The molecule has 1 aromatic heterocycles. The molecule has 1 heterocycles. The van der Waals surface area contributed by atoms with Crippen LogP contribution >= 0.6 is 0 Å². The average Bonchev–Trinajstić information content (AvgIpc) is 2.53. The fourth-order valence-electron chi connectivity index (χ4n) is 1.83. The van der Waals surface area contributed by atoms with Crippen molar-refractivity contribution >= 4 is 23.5 Å². The minimum atomic E-state index is -4.83. The van der Waals surface area contributed by atoms with E-state index in [2.05, 4.69) is 25.3 Å². The Hall–Kier alpha value is -3.05. The smallest absolute Gasteiger partial charge is 0.406 e. The zero-order valence-corrected chi connectivity index (χ0v) is 12.7. The zero-order valence-electron chi connectivity index (χ0n) is 12.7. The quantitative estimate of drug-likeness (QED) is 0.520. The van der Waals surface area contributed by atoms with Crippen molar-refractivity contribution in [2.45, 2.75) is 12.5 Å². The Labute approximate surface area is 142 Å². The summed E-state index contributed by atoms with van der Waals surface area (Å²) in [5.41, 5.74) is 0.232. The molecule has 0 radical (unpaired) electrons. The summed E-state index contributed by atoms with van der Waals surface area (Å²) < 4.78 is 77.0. The summed E-state index contributed by atoms with van der Waals surface area (Å²) in [6.45, 7) is -1.35. The van der Waals surface area contributed by atoms with Crippen molar-refractivity contribution in [3.05, 3.63) is 36.2 Å². The molecule has 0 saturated carbocycles. The number of anilines is 3. The molecule has 0 aliphatic heterocycles. The van der Waals surface area contributed by atoms with E-state index in [4.69, 9.17) is 5.41 Å². The normalized spacial score (nSPS) is 11.8. The van der Waals surface area contributed by atoms with Gasteiger partial charge in [-0.05, 0) is 24.3 Å². The lowest BCUT2D eigenvalue weighted by Crippen LogP contribution is -2.22. The topological polar surface area (TPSA) is 82.9 Å². The standard InChI is InChI=1S/C14H11F6N5O/c15-13(16,17)6-22-11-10(5-21)12(24-7-23-11)25-8-1-3-9(4-2-8)26-14(18,19)20/h1-5,7,21H,6H2,(H2,22,23,24,25). The van der Waals surface area contributed by atoms with Crippen LogP contribution in [0.4, 0.5) is 43.7 Å². The van der Waals surface area contributed by atoms with Crippen LogP contribution in [0.1, 0.15) is 5.56 Å². The maximum Gasteiger partial charge on any atom is 0.573 e. The molecular weight excluding hydrogens is 368 g/mol. The van der Waals surface area contributed by atoms with Crippen LogP contribution in [0.2, 0.25) is 0 Å². The van der Waals surface area contributed by atoms with Gasteiger partial charge in [-0.1, -0.05) is 0 Å². The first-order valence-electron chi connectivity index (χ1n) is 6.86. The first kappa shape index (κ1) is 19.3. The van der Waals surface area contributed by atoms with Gasteiger partial charge in [0.1, 0.15) is 30.3 Å². The van der Waals surface area contributed by atoms with E-state index < -0.39 is 24.8 Å². The number of rotatable bonds is 6. The van der Waals surface area contributed by atoms with E-state index in [1.807, 2.05) is 0 Å². The largest absolute Gasteiger partial charge is 0.573 e. The Morgan fingerprint density at radius 3 is 2.15 bits per heavy atom. The Kier molecular flexibility index (Phi) is 5.53. The molecule has 140 valence electrons. The van der Waals surface area contributed by atoms with Crippen LogP contribution in [0.3, 0.4) is 0 Å². The van der Waals surface area contributed by atoms with Crippen molar-refractivity contribution in [3.63, 3.8) is 0 Å². The molecule has 0 amide bonds. The molecule has 6 nitrogen and oxygen atoms in total. The number of nitrogens with zero attached hydrogens (tertiary/aromatic N) is 2. The van der Waals surface area contributed by atoms with Gasteiger partial charge in [0, 0.05) is 11.9 Å².